The molecule has 0 atom stereocenters. The summed E-state index contributed by atoms with van der Waals surface area (Å²) in [5.41, 5.74) is 3.11. The first-order valence-corrected chi connectivity index (χ1v) is 6.49. The lowest BCUT2D eigenvalue weighted by Gasteiger charge is -2.04. The Morgan fingerprint density at radius 3 is 2.65 bits per heavy atom. The highest BCUT2D eigenvalue weighted by Gasteiger charge is 2.12. The molecule has 100 valence electrons. The van der Waals surface area contributed by atoms with Crippen molar-refractivity contribution in [2.24, 2.45) is 0 Å². The van der Waals surface area contributed by atoms with Gasteiger partial charge in [0.15, 0.2) is 0 Å². The van der Waals surface area contributed by atoms with Crippen LogP contribution in [0.25, 0.3) is 16.9 Å². The molecule has 1 N–H and O–H groups in total. The van der Waals surface area contributed by atoms with Gasteiger partial charge in [-0.2, -0.15) is 0 Å². The molecule has 0 fully saturated rings. The van der Waals surface area contributed by atoms with Crippen molar-refractivity contribution in [3.8, 4) is 11.4 Å². The summed E-state index contributed by atoms with van der Waals surface area (Å²) in [6, 6.07) is 11.5. The highest BCUT2D eigenvalue weighted by molar-refractivity contribution is 5.95. The minimum absolute atomic E-state index is 0.261. The molecule has 4 nitrogen and oxygen atoms in total. The number of nitrogens with zero attached hydrogens (tertiary/aromatic N) is 2. The van der Waals surface area contributed by atoms with E-state index in [2.05, 4.69) is 24.0 Å². The van der Waals surface area contributed by atoms with Gasteiger partial charge in [-0.25, -0.2) is 9.78 Å². The van der Waals surface area contributed by atoms with Crippen molar-refractivity contribution in [3.63, 3.8) is 0 Å². The van der Waals surface area contributed by atoms with Crippen molar-refractivity contribution < 1.29 is 9.90 Å². The van der Waals surface area contributed by atoms with E-state index in [0.717, 1.165) is 17.8 Å². The molecule has 1 aromatic carbocycles. The van der Waals surface area contributed by atoms with Gasteiger partial charge in [-0.3, -0.25) is 4.40 Å². The number of rotatable bonds is 3. The number of carbonyl (C=O) groups is 1. The van der Waals surface area contributed by atoms with E-state index in [1.807, 2.05) is 22.7 Å². The average molecular weight is 266 g/mol. The average Bonchev–Trinajstić information content (AvgIpc) is 2.91. The third-order valence-electron chi connectivity index (χ3n) is 3.42. The number of pyridine rings is 1. The largest absolute Gasteiger partial charge is 0.478 e. The van der Waals surface area contributed by atoms with E-state index in [4.69, 9.17) is 0 Å². The first-order valence-electron chi connectivity index (χ1n) is 6.49. The molecular weight excluding hydrogens is 252 g/mol. The number of aromatic nitrogens is 2. The van der Waals surface area contributed by atoms with Gasteiger partial charge in [-0.15, -0.1) is 0 Å². The maximum Gasteiger partial charge on any atom is 0.337 e. The molecule has 0 aliphatic carbocycles. The van der Waals surface area contributed by atoms with Gasteiger partial charge in [0.2, 0.25) is 0 Å². The first-order chi connectivity index (χ1) is 9.70. The summed E-state index contributed by atoms with van der Waals surface area (Å²) in [5.74, 6) is -0.186. The van der Waals surface area contributed by atoms with E-state index in [1.54, 1.807) is 18.3 Å². The van der Waals surface area contributed by atoms with Crippen LogP contribution in [0.5, 0.6) is 0 Å². The van der Waals surface area contributed by atoms with Crippen LogP contribution >= 0.6 is 0 Å². The number of aromatic carboxylic acids is 1. The van der Waals surface area contributed by atoms with Crippen LogP contribution in [0, 0.1) is 0 Å². The first kappa shape index (κ1) is 12.4. The molecular formula is C16H14N2O2. The van der Waals surface area contributed by atoms with Crippen molar-refractivity contribution in [1.29, 1.82) is 0 Å². The van der Waals surface area contributed by atoms with E-state index in [1.165, 1.54) is 5.56 Å². The third kappa shape index (κ3) is 1.95. The SMILES string of the molecule is CCc1ccc(-c2ncc3c(C(=O)O)cccn23)cc1. The number of fused-ring (bicyclic) bond motifs is 1. The predicted molar refractivity (Wildman–Crippen MR) is 77.0 cm³/mol. The van der Waals surface area contributed by atoms with Crippen LogP contribution in [0.4, 0.5) is 0 Å². The molecule has 0 amide bonds. The fourth-order valence-corrected chi connectivity index (χ4v) is 2.31. The van der Waals surface area contributed by atoms with Gasteiger partial charge in [0.1, 0.15) is 5.82 Å². The Morgan fingerprint density at radius 1 is 1.25 bits per heavy atom. The zero-order valence-electron chi connectivity index (χ0n) is 11.1. The molecule has 2 heterocycles. The molecule has 0 radical (unpaired) electrons. The van der Waals surface area contributed by atoms with Crippen molar-refractivity contribution in [2.45, 2.75) is 13.3 Å². The number of hydrogen-bond donors (Lipinski definition) is 1. The highest BCUT2D eigenvalue weighted by Crippen LogP contribution is 2.22. The summed E-state index contributed by atoms with van der Waals surface area (Å²) in [6.07, 6.45) is 4.43. The summed E-state index contributed by atoms with van der Waals surface area (Å²) in [7, 11) is 0. The van der Waals surface area contributed by atoms with Gasteiger partial charge < -0.3 is 5.11 Å². The lowest BCUT2D eigenvalue weighted by Crippen LogP contribution is -1.99. The predicted octanol–water partition coefficient (Wildman–Crippen LogP) is 3.26. The van der Waals surface area contributed by atoms with Crippen molar-refractivity contribution in [3.05, 3.63) is 59.9 Å². The molecule has 0 spiro atoms. The molecule has 2 aromatic heterocycles. The normalized spacial score (nSPS) is 10.8. The van der Waals surface area contributed by atoms with E-state index in [0.29, 0.717) is 5.52 Å². The van der Waals surface area contributed by atoms with Crippen molar-refractivity contribution in [1.82, 2.24) is 9.38 Å². The molecule has 0 aliphatic heterocycles. The van der Waals surface area contributed by atoms with Gasteiger partial charge in [0, 0.05) is 11.8 Å². The summed E-state index contributed by atoms with van der Waals surface area (Å²) in [5, 5.41) is 9.19. The Balaban J connectivity index is 2.17. The van der Waals surface area contributed by atoms with Crippen LogP contribution in [0.1, 0.15) is 22.8 Å². The molecule has 3 rings (SSSR count). The lowest BCUT2D eigenvalue weighted by atomic mass is 10.1. The number of carboxylic acid groups (broad SMARTS) is 1. The third-order valence-corrected chi connectivity index (χ3v) is 3.42. The minimum Gasteiger partial charge on any atom is -0.478 e. The van der Waals surface area contributed by atoms with Crippen LogP contribution in [-0.2, 0) is 6.42 Å². The number of carboxylic acids is 1. The molecule has 0 aliphatic rings. The maximum absolute atomic E-state index is 11.2. The van der Waals surface area contributed by atoms with Gasteiger partial charge in [-0.05, 0) is 24.1 Å². The zero-order chi connectivity index (χ0) is 14.1. The molecule has 3 aromatic rings. The smallest absolute Gasteiger partial charge is 0.337 e. The van der Waals surface area contributed by atoms with E-state index in [9.17, 15) is 9.90 Å². The monoisotopic (exact) mass is 266 g/mol. The van der Waals surface area contributed by atoms with Crippen LogP contribution in [-0.4, -0.2) is 20.5 Å². The summed E-state index contributed by atoms with van der Waals surface area (Å²) < 4.78 is 1.81. The Hall–Kier alpha value is -2.62. The topological polar surface area (TPSA) is 54.6 Å². The fourth-order valence-electron chi connectivity index (χ4n) is 2.31. The van der Waals surface area contributed by atoms with Crippen LogP contribution in [0.15, 0.2) is 48.8 Å². The number of hydrogen-bond acceptors (Lipinski definition) is 2. The van der Waals surface area contributed by atoms with E-state index < -0.39 is 5.97 Å². The quantitative estimate of drug-likeness (QED) is 0.791. The van der Waals surface area contributed by atoms with Gasteiger partial charge in [-0.1, -0.05) is 31.2 Å². The Morgan fingerprint density at radius 2 is 2.00 bits per heavy atom. The van der Waals surface area contributed by atoms with Crippen molar-refractivity contribution in [2.75, 3.05) is 0 Å². The lowest BCUT2D eigenvalue weighted by molar-refractivity contribution is 0.0698. The molecule has 20 heavy (non-hydrogen) atoms. The van der Waals surface area contributed by atoms with Crippen molar-refractivity contribution >= 4 is 11.5 Å². The Bertz CT molecular complexity index is 773. The molecule has 0 saturated carbocycles. The van der Waals surface area contributed by atoms with Crippen LogP contribution < -0.4 is 0 Å². The number of imidazole rings is 1. The second kappa shape index (κ2) is 4.81. The molecule has 0 unspecified atom stereocenters. The summed E-state index contributed by atoms with van der Waals surface area (Å²) in [6.45, 7) is 2.11. The zero-order valence-corrected chi connectivity index (χ0v) is 11.1. The molecule has 0 saturated heterocycles. The highest BCUT2D eigenvalue weighted by atomic mass is 16.4. The van der Waals surface area contributed by atoms with Crippen LogP contribution in [0.3, 0.4) is 0 Å². The van der Waals surface area contributed by atoms with E-state index >= 15 is 0 Å². The standard InChI is InChI=1S/C16H14N2O2/c1-2-11-5-7-12(8-6-11)15-17-10-14-13(16(19)20)4-3-9-18(14)15/h3-10H,2H2,1H3,(H,19,20). The summed E-state index contributed by atoms with van der Waals surface area (Å²) >= 11 is 0. The number of benzene rings is 1. The Kier molecular flexibility index (Phi) is 2.99. The van der Waals surface area contributed by atoms with Gasteiger partial charge in [0.05, 0.1) is 17.3 Å². The Labute approximate surface area is 116 Å². The fraction of sp³-hybridized carbons (Fsp3) is 0.125. The van der Waals surface area contributed by atoms with Gasteiger partial charge >= 0.3 is 5.97 Å². The molecule has 0 bridgehead atoms. The molecule has 4 heteroatoms. The van der Waals surface area contributed by atoms with E-state index in [-0.39, 0.29) is 5.56 Å². The second-order valence-electron chi connectivity index (χ2n) is 4.61. The second-order valence-corrected chi connectivity index (χ2v) is 4.61. The maximum atomic E-state index is 11.2. The summed E-state index contributed by atoms with van der Waals surface area (Å²) in [4.78, 5) is 15.6. The van der Waals surface area contributed by atoms with Gasteiger partial charge in [0.25, 0.3) is 0 Å². The minimum atomic E-state index is -0.941. The van der Waals surface area contributed by atoms with Crippen LogP contribution in [0.2, 0.25) is 0 Å². The number of aryl methyl sites for hydroxylation is 1.